The van der Waals surface area contributed by atoms with E-state index < -0.39 is 0 Å². The van der Waals surface area contributed by atoms with Crippen LogP contribution in [0.3, 0.4) is 0 Å². The van der Waals surface area contributed by atoms with Gasteiger partial charge in [-0.25, -0.2) is 0 Å². The van der Waals surface area contributed by atoms with Crippen molar-refractivity contribution in [3.63, 3.8) is 0 Å². The highest BCUT2D eigenvalue weighted by molar-refractivity contribution is 5.94. The molecule has 0 aliphatic rings. The van der Waals surface area contributed by atoms with E-state index in [0.717, 1.165) is 11.1 Å². The molecule has 3 N–H and O–H groups in total. The number of nitrogens with zero attached hydrogens (tertiary/aromatic N) is 2. The topological polar surface area (TPSA) is 80.9 Å². The molecule has 5 nitrogen and oxygen atoms in total. The molecule has 0 saturated heterocycles. The van der Waals surface area contributed by atoms with Crippen molar-refractivity contribution in [3.05, 3.63) is 58.9 Å². The highest BCUT2D eigenvalue weighted by Crippen LogP contribution is 2.10. The lowest BCUT2D eigenvalue weighted by molar-refractivity contribution is 0.0950. The van der Waals surface area contributed by atoms with Crippen molar-refractivity contribution in [2.75, 3.05) is 6.54 Å². The summed E-state index contributed by atoms with van der Waals surface area (Å²) < 4.78 is 0. The Morgan fingerprint density at radius 3 is 2.90 bits per heavy atom. The molecule has 2 aromatic rings. The maximum absolute atomic E-state index is 12.1. The molecule has 1 aromatic heterocycles. The van der Waals surface area contributed by atoms with Gasteiger partial charge in [-0.1, -0.05) is 11.8 Å². The summed E-state index contributed by atoms with van der Waals surface area (Å²) in [5.74, 6) is 5.62. The van der Waals surface area contributed by atoms with Crippen LogP contribution in [0.1, 0.15) is 27.2 Å². The Morgan fingerprint density at radius 2 is 2.24 bits per heavy atom. The van der Waals surface area contributed by atoms with Gasteiger partial charge in [-0.3, -0.25) is 4.79 Å². The average Bonchev–Trinajstić information content (AvgIpc) is 2.52. The van der Waals surface area contributed by atoms with Crippen LogP contribution in [0, 0.1) is 18.8 Å². The van der Waals surface area contributed by atoms with Crippen LogP contribution in [0.25, 0.3) is 0 Å². The molecule has 2 rings (SSSR count). The molecule has 5 heteroatoms. The third-order valence-electron chi connectivity index (χ3n) is 2.87. The third kappa shape index (κ3) is 4.13. The molecule has 0 atom stereocenters. The van der Waals surface area contributed by atoms with Crippen LogP contribution in [-0.4, -0.2) is 22.6 Å². The van der Waals surface area contributed by atoms with Gasteiger partial charge in [0.25, 0.3) is 5.91 Å². The standard InChI is InChI=1S/C16H16N4O/c1-12-10-14(7-6-13(12)4-2-8-17)16(21)18-11-15-5-3-9-19-20-15/h3,5-7,9-10H,8,11,17H2,1H3,(H,18,21). The fourth-order valence-electron chi connectivity index (χ4n) is 1.79. The van der Waals surface area contributed by atoms with Gasteiger partial charge in [0, 0.05) is 17.3 Å². The average molecular weight is 280 g/mol. The second-order valence-electron chi connectivity index (χ2n) is 4.43. The maximum atomic E-state index is 12.1. The zero-order valence-corrected chi connectivity index (χ0v) is 11.8. The predicted octanol–water partition coefficient (Wildman–Crippen LogP) is 1.03. The van der Waals surface area contributed by atoms with Gasteiger partial charge < -0.3 is 11.1 Å². The van der Waals surface area contributed by atoms with E-state index in [1.807, 2.05) is 25.1 Å². The van der Waals surface area contributed by atoms with Crippen LogP contribution in [0.5, 0.6) is 0 Å². The minimum absolute atomic E-state index is 0.151. The fraction of sp³-hybridized carbons (Fsp3) is 0.188. The number of nitrogens with one attached hydrogen (secondary N) is 1. The quantitative estimate of drug-likeness (QED) is 0.823. The highest BCUT2D eigenvalue weighted by Gasteiger charge is 2.07. The van der Waals surface area contributed by atoms with E-state index in [9.17, 15) is 4.79 Å². The molecule has 106 valence electrons. The summed E-state index contributed by atoms with van der Waals surface area (Å²) in [6.07, 6.45) is 1.59. The van der Waals surface area contributed by atoms with Gasteiger partial charge in [-0.2, -0.15) is 10.2 Å². The highest BCUT2D eigenvalue weighted by atomic mass is 16.1. The van der Waals surface area contributed by atoms with Gasteiger partial charge >= 0.3 is 0 Å². The Balaban J connectivity index is 2.04. The lowest BCUT2D eigenvalue weighted by atomic mass is 10.0. The minimum atomic E-state index is -0.151. The van der Waals surface area contributed by atoms with Crippen LogP contribution in [-0.2, 0) is 6.54 Å². The van der Waals surface area contributed by atoms with Crippen molar-refractivity contribution in [2.45, 2.75) is 13.5 Å². The van der Waals surface area contributed by atoms with Crippen LogP contribution in [0.2, 0.25) is 0 Å². The molecule has 0 aliphatic carbocycles. The van der Waals surface area contributed by atoms with Gasteiger partial charge in [0.05, 0.1) is 18.8 Å². The van der Waals surface area contributed by atoms with E-state index in [2.05, 4.69) is 27.4 Å². The van der Waals surface area contributed by atoms with Crippen molar-refractivity contribution in [1.29, 1.82) is 0 Å². The van der Waals surface area contributed by atoms with E-state index in [-0.39, 0.29) is 5.91 Å². The number of benzene rings is 1. The summed E-state index contributed by atoms with van der Waals surface area (Å²) in [6.45, 7) is 2.58. The second kappa shape index (κ2) is 7.17. The molecule has 21 heavy (non-hydrogen) atoms. The molecule has 0 aliphatic heterocycles. The van der Waals surface area contributed by atoms with Crippen LogP contribution < -0.4 is 11.1 Å². The summed E-state index contributed by atoms with van der Waals surface area (Å²) in [4.78, 5) is 12.1. The Hall–Kier alpha value is -2.71. The Kier molecular flexibility index (Phi) is 5.02. The van der Waals surface area contributed by atoms with E-state index in [1.54, 1.807) is 18.3 Å². The molecule has 0 saturated carbocycles. The molecule has 0 radical (unpaired) electrons. The molecule has 0 unspecified atom stereocenters. The van der Waals surface area contributed by atoms with Gasteiger partial charge in [0.1, 0.15) is 0 Å². The SMILES string of the molecule is Cc1cc(C(=O)NCc2cccnn2)ccc1C#CCN. The number of hydrogen-bond donors (Lipinski definition) is 2. The molecule has 1 amide bonds. The molecular weight excluding hydrogens is 264 g/mol. The largest absolute Gasteiger partial charge is 0.346 e. The number of amides is 1. The minimum Gasteiger partial charge on any atom is -0.346 e. The molecule has 0 bridgehead atoms. The Labute approximate surface area is 123 Å². The molecular formula is C16H16N4O. The number of hydrogen-bond acceptors (Lipinski definition) is 4. The van der Waals surface area contributed by atoms with Gasteiger partial charge in [-0.15, -0.1) is 0 Å². The summed E-state index contributed by atoms with van der Waals surface area (Å²) in [6, 6.07) is 8.98. The molecule has 0 spiro atoms. The lowest BCUT2D eigenvalue weighted by Gasteiger charge is -2.06. The molecule has 1 aromatic carbocycles. The number of carbonyl (C=O) groups excluding carboxylic acids is 1. The number of carbonyl (C=O) groups is 1. The Morgan fingerprint density at radius 1 is 1.38 bits per heavy atom. The van der Waals surface area contributed by atoms with Crippen LogP contribution >= 0.6 is 0 Å². The van der Waals surface area contributed by atoms with Crippen molar-refractivity contribution < 1.29 is 4.79 Å². The van der Waals surface area contributed by atoms with E-state index >= 15 is 0 Å². The first-order chi connectivity index (χ1) is 10.2. The third-order valence-corrected chi connectivity index (χ3v) is 2.87. The summed E-state index contributed by atoms with van der Waals surface area (Å²) in [5.41, 5.74) is 8.49. The zero-order valence-electron chi connectivity index (χ0n) is 11.8. The van der Waals surface area contributed by atoms with E-state index in [0.29, 0.717) is 24.3 Å². The maximum Gasteiger partial charge on any atom is 0.251 e. The number of rotatable bonds is 3. The van der Waals surface area contributed by atoms with E-state index in [1.165, 1.54) is 0 Å². The number of aryl methyl sites for hydroxylation is 1. The monoisotopic (exact) mass is 280 g/mol. The van der Waals surface area contributed by atoms with Crippen molar-refractivity contribution in [1.82, 2.24) is 15.5 Å². The zero-order chi connectivity index (χ0) is 15.1. The van der Waals surface area contributed by atoms with Gasteiger partial charge in [0.2, 0.25) is 0 Å². The normalized spacial score (nSPS) is 9.62. The van der Waals surface area contributed by atoms with Crippen LogP contribution in [0.4, 0.5) is 0 Å². The molecule has 1 heterocycles. The smallest absolute Gasteiger partial charge is 0.251 e. The molecule has 0 fully saturated rings. The first kappa shape index (κ1) is 14.7. The summed E-state index contributed by atoms with van der Waals surface area (Å²) >= 11 is 0. The predicted molar refractivity (Wildman–Crippen MR) is 80.3 cm³/mol. The van der Waals surface area contributed by atoms with E-state index in [4.69, 9.17) is 5.73 Å². The summed E-state index contributed by atoms with van der Waals surface area (Å²) in [7, 11) is 0. The van der Waals surface area contributed by atoms with Gasteiger partial charge in [0.15, 0.2) is 0 Å². The van der Waals surface area contributed by atoms with Crippen molar-refractivity contribution in [3.8, 4) is 11.8 Å². The Bertz CT molecular complexity index is 686. The first-order valence-corrected chi connectivity index (χ1v) is 6.55. The van der Waals surface area contributed by atoms with Crippen molar-refractivity contribution >= 4 is 5.91 Å². The number of aromatic nitrogens is 2. The van der Waals surface area contributed by atoms with Crippen LogP contribution in [0.15, 0.2) is 36.5 Å². The first-order valence-electron chi connectivity index (χ1n) is 6.55. The lowest BCUT2D eigenvalue weighted by Crippen LogP contribution is -2.23. The fourth-order valence-corrected chi connectivity index (χ4v) is 1.79. The summed E-state index contributed by atoms with van der Waals surface area (Å²) in [5, 5.41) is 10.5. The van der Waals surface area contributed by atoms with Crippen molar-refractivity contribution in [2.24, 2.45) is 5.73 Å². The second-order valence-corrected chi connectivity index (χ2v) is 4.43. The number of nitrogens with two attached hydrogens (primary N) is 1. The van der Waals surface area contributed by atoms with Gasteiger partial charge in [-0.05, 0) is 42.8 Å².